The highest BCUT2D eigenvalue weighted by atomic mass is 19.1. The standard InChI is InChI=1S/C17H19FO3/c1-11-4-7-16(20-2)13(8-11)9-15(19)12-5-6-14(18)17(10-12)21-3/h4-8,10,15,19H,9H2,1-3H3. The van der Waals surface area contributed by atoms with E-state index >= 15 is 0 Å². The number of benzene rings is 2. The Bertz CT molecular complexity index is 625. The predicted molar refractivity (Wildman–Crippen MR) is 79.3 cm³/mol. The first-order valence-corrected chi connectivity index (χ1v) is 6.70. The molecule has 0 aromatic heterocycles. The lowest BCUT2D eigenvalue weighted by atomic mass is 9.99. The third-order valence-corrected chi connectivity index (χ3v) is 3.41. The number of ether oxygens (including phenoxy) is 2. The molecule has 0 amide bonds. The molecule has 2 aromatic carbocycles. The van der Waals surface area contributed by atoms with Crippen LogP contribution in [0.2, 0.25) is 0 Å². The van der Waals surface area contributed by atoms with Crippen molar-refractivity contribution < 1.29 is 19.0 Å². The molecule has 0 saturated carbocycles. The van der Waals surface area contributed by atoms with Crippen molar-refractivity contribution in [2.24, 2.45) is 0 Å². The summed E-state index contributed by atoms with van der Waals surface area (Å²) in [5, 5.41) is 10.4. The van der Waals surface area contributed by atoms with Crippen LogP contribution in [-0.2, 0) is 6.42 Å². The van der Waals surface area contributed by atoms with Crippen LogP contribution in [0.3, 0.4) is 0 Å². The van der Waals surface area contributed by atoms with Gasteiger partial charge in [-0.15, -0.1) is 0 Å². The summed E-state index contributed by atoms with van der Waals surface area (Å²) < 4.78 is 23.6. The summed E-state index contributed by atoms with van der Waals surface area (Å²) in [6.45, 7) is 1.98. The molecule has 3 nitrogen and oxygen atoms in total. The lowest BCUT2D eigenvalue weighted by Crippen LogP contribution is -2.04. The van der Waals surface area contributed by atoms with Crippen LogP contribution in [0.1, 0.15) is 22.8 Å². The molecule has 21 heavy (non-hydrogen) atoms. The smallest absolute Gasteiger partial charge is 0.165 e. The highest BCUT2D eigenvalue weighted by Gasteiger charge is 2.14. The molecular formula is C17H19FO3. The molecule has 0 saturated heterocycles. The van der Waals surface area contributed by atoms with Gasteiger partial charge in [0, 0.05) is 6.42 Å². The van der Waals surface area contributed by atoms with Gasteiger partial charge in [0.25, 0.3) is 0 Å². The van der Waals surface area contributed by atoms with Gasteiger partial charge in [-0.1, -0.05) is 23.8 Å². The number of methoxy groups -OCH3 is 2. The second-order valence-electron chi connectivity index (χ2n) is 4.93. The van der Waals surface area contributed by atoms with Crippen molar-refractivity contribution in [3.8, 4) is 11.5 Å². The Balaban J connectivity index is 2.25. The van der Waals surface area contributed by atoms with Gasteiger partial charge in [-0.05, 0) is 36.2 Å². The normalized spacial score (nSPS) is 12.0. The van der Waals surface area contributed by atoms with E-state index in [0.29, 0.717) is 12.0 Å². The zero-order chi connectivity index (χ0) is 15.4. The minimum atomic E-state index is -0.754. The van der Waals surface area contributed by atoms with Crippen LogP contribution in [0, 0.1) is 12.7 Å². The maximum atomic E-state index is 13.4. The van der Waals surface area contributed by atoms with Crippen LogP contribution in [0.5, 0.6) is 11.5 Å². The van der Waals surface area contributed by atoms with Gasteiger partial charge in [-0.3, -0.25) is 0 Å². The first-order chi connectivity index (χ1) is 10.0. The van der Waals surface area contributed by atoms with Crippen molar-refractivity contribution in [2.45, 2.75) is 19.4 Å². The van der Waals surface area contributed by atoms with Crippen LogP contribution in [-0.4, -0.2) is 19.3 Å². The van der Waals surface area contributed by atoms with Crippen LogP contribution in [0.15, 0.2) is 36.4 Å². The highest BCUT2D eigenvalue weighted by Crippen LogP contribution is 2.28. The van der Waals surface area contributed by atoms with Gasteiger partial charge in [-0.25, -0.2) is 4.39 Å². The lowest BCUT2D eigenvalue weighted by molar-refractivity contribution is 0.176. The van der Waals surface area contributed by atoms with E-state index in [9.17, 15) is 9.50 Å². The molecule has 0 aliphatic heterocycles. The maximum Gasteiger partial charge on any atom is 0.165 e. The monoisotopic (exact) mass is 290 g/mol. The molecule has 0 spiro atoms. The van der Waals surface area contributed by atoms with Gasteiger partial charge in [0.15, 0.2) is 11.6 Å². The van der Waals surface area contributed by atoms with Crippen LogP contribution in [0.25, 0.3) is 0 Å². The van der Waals surface area contributed by atoms with E-state index in [1.807, 2.05) is 25.1 Å². The molecule has 1 atom stereocenters. The highest BCUT2D eigenvalue weighted by molar-refractivity contribution is 5.39. The quantitative estimate of drug-likeness (QED) is 0.917. The number of rotatable bonds is 5. The van der Waals surface area contributed by atoms with E-state index in [2.05, 4.69) is 0 Å². The van der Waals surface area contributed by atoms with E-state index in [0.717, 1.165) is 16.9 Å². The van der Waals surface area contributed by atoms with E-state index in [4.69, 9.17) is 9.47 Å². The van der Waals surface area contributed by atoms with E-state index in [-0.39, 0.29) is 5.75 Å². The third kappa shape index (κ3) is 3.52. The average molecular weight is 290 g/mol. The van der Waals surface area contributed by atoms with Gasteiger partial charge < -0.3 is 14.6 Å². The molecule has 1 N–H and O–H groups in total. The van der Waals surface area contributed by atoms with Crippen molar-refractivity contribution >= 4 is 0 Å². The molecule has 1 unspecified atom stereocenters. The molecule has 0 fully saturated rings. The molecule has 4 heteroatoms. The number of aliphatic hydroxyl groups excluding tert-OH is 1. The molecule has 0 radical (unpaired) electrons. The molecule has 0 bridgehead atoms. The topological polar surface area (TPSA) is 38.7 Å². The Kier molecular flexibility index (Phi) is 4.81. The average Bonchev–Trinajstić information content (AvgIpc) is 2.48. The molecule has 2 aromatic rings. The minimum Gasteiger partial charge on any atom is -0.496 e. The van der Waals surface area contributed by atoms with E-state index in [1.54, 1.807) is 13.2 Å². The minimum absolute atomic E-state index is 0.128. The summed E-state index contributed by atoms with van der Waals surface area (Å²) >= 11 is 0. The zero-order valence-electron chi connectivity index (χ0n) is 12.4. The Labute approximate surface area is 124 Å². The van der Waals surface area contributed by atoms with Gasteiger partial charge in [0.05, 0.1) is 20.3 Å². The summed E-state index contributed by atoms with van der Waals surface area (Å²) in [5.74, 6) is 0.415. The number of aliphatic hydroxyl groups is 1. The van der Waals surface area contributed by atoms with Crippen molar-refractivity contribution in [3.05, 3.63) is 58.9 Å². The summed E-state index contributed by atoms with van der Waals surface area (Å²) in [5.41, 5.74) is 2.61. The fraction of sp³-hybridized carbons (Fsp3) is 0.294. The van der Waals surface area contributed by atoms with Crippen molar-refractivity contribution in [3.63, 3.8) is 0 Å². The first-order valence-electron chi connectivity index (χ1n) is 6.70. The summed E-state index contributed by atoms with van der Waals surface area (Å²) in [7, 11) is 3.00. The molecule has 0 heterocycles. The Morgan fingerprint density at radius 2 is 1.76 bits per heavy atom. The summed E-state index contributed by atoms with van der Waals surface area (Å²) in [4.78, 5) is 0. The number of hydrogen-bond acceptors (Lipinski definition) is 3. The van der Waals surface area contributed by atoms with Crippen molar-refractivity contribution in [1.29, 1.82) is 0 Å². The Hall–Kier alpha value is -2.07. The Morgan fingerprint density at radius 1 is 1.05 bits per heavy atom. The van der Waals surface area contributed by atoms with Crippen molar-refractivity contribution in [1.82, 2.24) is 0 Å². The predicted octanol–water partition coefficient (Wildman–Crippen LogP) is 3.43. The van der Waals surface area contributed by atoms with E-state index in [1.165, 1.54) is 19.2 Å². The van der Waals surface area contributed by atoms with E-state index < -0.39 is 11.9 Å². The maximum absolute atomic E-state index is 13.4. The summed E-state index contributed by atoms with van der Waals surface area (Å²) in [6, 6.07) is 10.2. The summed E-state index contributed by atoms with van der Waals surface area (Å²) in [6.07, 6.45) is -0.366. The lowest BCUT2D eigenvalue weighted by Gasteiger charge is -2.15. The second-order valence-corrected chi connectivity index (χ2v) is 4.93. The molecule has 0 aliphatic rings. The van der Waals surface area contributed by atoms with Gasteiger partial charge in [-0.2, -0.15) is 0 Å². The first kappa shape index (κ1) is 15.3. The third-order valence-electron chi connectivity index (χ3n) is 3.41. The largest absolute Gasteiger partial charge is 0.496 e. The fourth-order valence-electron chi connectivity index (χ4n) is 2.28. The Morgan fingerprint density at radius 3 is 2.43 bits per heavy atom. The molecule has 112 valence electrons. The molecule has 0 aliphatic carbocycles. The SMILES string of the molecule is COc1cc(C(O)Cc2cc(C)ccc2OC)ccc1F. The van der Waals surface area contributed by atoms with Crippen LogP contribution < -0.4 is 9.47 Å². The van der Waals surface area contributed by atoms with Gasteiger partial charge >= 0.3 is 0 Å². The van der Waals surface area contributed by atoms with Crippen LogP contribution in [0.4, 0.5) is 4.39 Å². The molecular weight excluding hydrogens is 271 g/mol. The number of halogens is 1. The fourth-order valence-corrected chi connectivity index (χ4v) is 2.28. The zero-order valence-corrected chi connectivity index (χ0v) is 12.4. The molecule has 2 rings (SSSR count). The number of aryl methyl sites for hydroxylation is 1. The van der Waals surface area contributed by atoms with Gasteiger partial charge in [0.1, 0.15) is 5.75 Å². The van der Waals surface area contributed by atoms with Crippen molar-refractivity contribution in [2.75, 3.05) is 14.2 Å². The number of hydrogen-bond donors (Lipinski definition) is 1. The van der Waals surface area contributed by atoms with Gasteiger partial charge in [0.2, 0.25) is 0 Å². The second kappa shape index (κ2) is 6.59. The van der Waals surface area contributed by atoms with Crippen LogP contribution >= 0.6 is 0 Å².